The van der Waals surface area contributed by atoms with E-state index in [1.54, 1.807) is 0 Å². The van der Waals surface area contributed by atoms with Crippen LogP contribution in [0.4, 0.5) is 0 Å². The van der Waals surface area contributed by atoms with Crippen LogP contribution < -0.4 is 9.47 Å². The predicted octanol–water partition coefficient (Wildman–Crippen LogP) is 4.38. The van der Waals surface area contributed by atoms with Crippen molar-refractivity contribution in [2.75, 3.05) is 6.61 Å². The van der Waals surface area contributed by atoms with Gasteiger partial charge in [-0.1, -0.05) is 25.5 Å². The first-order valence-corrected chi connectivity index (χ1v) is 13.3. The van der Waals surface area contributed by atoms with E-state index in [0.29, 0.717) is 23.3 Å². The monoisotopic (exact) mass is 516 g/mol. The van der Waals surface area contributed by atoms with Gasteiger partial charge in [-0.25, -0.2) is 0 Å². The van der Waals surface area contributed by atoms with Crippen LogP contribution in [-0.4, -0.2) is 53.4 Å². The molecular weight excluding hydrogens is 476 g/mol. The number of benzene rings is 1. The summed E-state index contributed by atoms with van der Waals surface area (Å²) in [6.45, 7) is 13.0. The van der Waals surface area contributed by atoms with Crippen molar-refractivity contribution in [2.45, 2.75) is 110 Å². The lowest BCUT2D eigenvalue weighted by atomic mass is 9.62. The van der Waals surface area contributed by atoms with Gasteiger partial charge in [-0.15, -0.1) is 0 Å². The van der Waals surface area contributed by atoms with E-state index in [4.69, 9.17) is 18.9 Å². The van der Waals surface area contributed by atoms with Crippen LogP contribution in [0.1, 0.15) is 101 Å². The minimum absolute atomic E-state index is 0.146. The summed E-state index contributed by atoms with van der Waals surface area (Å²) in [6, 6.07) is 0. The molecule has 204 valence electrons. The average molecular weight is 517 g/mol. The van der Waals surface area contributed by atoms with Gasteiger partial charge in [0.1, 0.15) is 6.10 Å². The highest BCUT2D eigenvalue weighted by Crippen LogP contribution is 2.58. The molecule has 2 aliphatic carbocycles. The zero-order valence-corrected chi connectivity index (χ0v) is 22.9. The van der Waals surface area contributed by atoms with E-state index in [1.807, 2.05) is 6.92 Å². The lowest BCUT2D eigenvalue weighted by molar-refractivity contribution is -0.249. The molecule has 0 amide bonds. The van der Waals surface area contributed by atoms with Crippen molar-refractivity contribution < 1.29 is 38.7 Å². The van der Waals surface area contributed by atoms with Crippen LogP contribution in [0, 0.1) is 12.8 Å². The quantitative estimate of drug-likeness (QED) is 0.337. The summed E-state index contributed by atoms with van der Waals surface area (Å²) in [5, 5.41) is 21.2. The fourth-order valence-electron chi connectivity index (χ4n) is 6.49. The van der Waals surface area contributed by atoms with Crippen molar-refractivity contribution in [2.24, 2.45) is 5.92 Å². The van der Waals surface area contributed by atoms with Gasteiger partial charge in [0.2, 0.25) is 6.29 Å². The fraction of sp³-hybridized carbons (Fsp3) is 0.655. The zero-order chi connectivity index (χ0) is 27.2. The van der Waals surface area contributed by atoms with Gasteiger partial charge in [-0.05, 0) is 74.5 Å². The Labute approximate surface area is 218 Å². The van der Waals surface area contributed by atoms with E-state index in [9.17, 15) is 19.8 Å². The average Bonchev–Trinajstić information content (AvgIpc) is 2.79. The molecule has 1 heterocycles. The summed E-state index contributed by atoms with van der Waals surface area (Å²) in [5.41, 5.74) is 5.51. The molecule has 1 aromatic rings. The van der Waals surface area contributed by atoms with Crippen molar-refractivity contribution in [3.63, 3.8) is 0 Å². The highest BCUT2D eigenvalue weighted by atomic mass is 16.7. The molecule has 1 unspecified atom stereocenters. The minimum Gasteiger partial charge on any atom is -0.458 e. The molecule has 1 aliphatic heterocycles. The van der Waals surface area contributed by atoms with Crippen LogP contribution in [0.2, 0.25) is 0 Å². The number of rotatable bonds is 5. The topological polar surface area (TPSA) is 112 Å². The number of hydrogen-bond acceptors (Lipinski definition) is 8. The highest BCUT2D eigenvalue weighted by molar-refractivity contribution is 5.74. The molecule has 1 aromatic carbocycles. The summed E-state index contributed by atoms with van der Waals surface area (Å²) in [4.78, 5) is 23.9. The summed E-state index contributed by atoms with van der Waals surface area (Å²) in [5.74, 6) is 0.798. The molecule has 4 rings (SSSR count). The Morgan fingerprint density at radius 1 is 0.973 bits per heavy atom. The highest BCUT2D eigenvalue weighted by Gasteiger charge is 2.45. The molecule has 0 spiro atoms. The number of allylic oxidation sites excluding steroid dienone is 2. The molecule has 3 aliphatic rings. The summed E-state index contributed by atoms with van der Waals surface area (Å²) < 4.78 is 23.0. The summed E-state index contributed by atoms with van der Waals surface area (Å²) in [7, 11) is 0. The SMILES string of the molecule is CC(=O)Oc1c(O[C@H]2OC[C@H](O)[C@@H](OC(C)=O)[C@@H]2O)c(C)c2c3c1[C@@H](C)CCC3[C@@H](C)C[C@@H]2C=C(C)C. The maximum atomic E-state index is 12.3. The van der Waals surface area contributed by atoms with Crippen LogP contribution in [0.3, 0.4) is 0 Å². The lowest BCUT2D eigenvalue weighted by Gasteiger charge is -2.44. The maximum absolute atomic E-state index is 12.3. The zero-order valence-electron chi connectivity index (χ0n) is 22.9. The molecule has 2 N–H and O–H groups in total. The Bertz CT molecular complexity index is 1090. The van der Waals surface area contributed by atoms with Gasteiger partial charge < -0.3 is 29.2 Å². The second kappa shape index (κ2) is 10.8. The van der Waals surface area contributed by atoms with E-state index < -0.39 is 36.5 Å². The fourth-order valence-corrected chi connectivity index (χ4v) is 6.49. The first-order valence-electron chi connectivity index (χ1n) is 13.3. The standard InChI is InChI=1S/C29H40O8/c1-13(2)10-19-11-15(4)20-9-8-14(3)22-24(20)23(19)16(5)26(28(22)36-18(7)31)37-29-25(33)27(35-17(6)30)21(32)12-34-29/h10,14-15,19-21,25,27,29,32-33H,8-9,11-12H2,1-7H3/t14-,15-,19-,20?,21-,25-,27+,29+/m0/s1. The first-order chi connectivity index (χ1) is 17.4. The minimum atomic E-state index is -1.44. The third kappa shape index (κ3) is 5.29. The Morgan fingerprint density at radius 2 is 1.68 bits per heavy atom. The van der Waals surface area contributed by atoms with Gasteiger partial charge >= 0.3 is 11.9 Å². The number of ether oxygens (including phenoxy) is 4. The number of carbonyl (C=O) groups is 2. The van der Waals surface area contributed by atoms with Crippen molar-refractivity contribution in [3.05, 3.63) is 33.9 Å². The van der Waals surface area contributed by atoms with Gasteiger partial charge in [0, 0.05) is 25.3 Å². The van der Waals surface area contributed by atoms with E-state index in [0.717, 1.165) is 30.4 Å². The Hall–Kier alpha value is -2.42. The molecule has 8 heteroatoms. The van der Waals surface area contributed by atoms with Crippen LogP contribution >= 0.6 is 0 Å². The van der Waals surface area contributed by atoms with Crippen LogP contribution in [-0.2, 0) is 19.1 Å². The molecule has 1 fully saturated rings. The largest absolute Gasteiger partial charge is 0.458 e. The van der Waals surface area contributed by atoms with Crippen LogP contribution in [0.15, 0.2) is 11.6 Å². The molecule has 0 saturated carbocycles. The molecule has 1 saturated heterocycles. The maximum Gasteiger partial charge on any atom is 0.308 e. The second-order valence-corrected chi connectivity index (χ2v) is 11.2. The number of aliphatic hydroxyl groups excluding tert-OH is 2. The lowest BCUT2D eigenvalue weighted by Crippen LogP contribution is -2.56. The molecule has 8 nitrogen and oxygen atoms in total. The summed E-state index contributed by atoms with van der Waals surface area (Å²) >= 11 is 0. The van der Waals surface area contributed by atoms with Gasteiger partial charge in [0.25, 0.3) is 0 Å². The smallest absolute Gasteiger partial charge is 0.308 e. The van der Waals surface area contributed by atoms with Crippen molar-refractivity contribution in [3.8, 4) is 11.5 Å². The third-order valence-electron chi connectivity index (χ3n) is 7.98. The van der Waals surface area contributed by atoms with Gasteiger partial charge in [-0.2, -0.15) is 0 Å². The van der Waals surface area contributed by atoms with Crippen LogP contribution in [0.5, 0.6) is 11.5 Å². The Morgan fingerprint density at radius 3 is 2.30 bits per heavy atom. The molecule has 37 heavy (non-hydrogen) atoms. The molecule has 0 radical (unpaired) electrons. The Kier molecular flexibility index (Phi) is 8.02. The Balaban J connectivity index is 1.89. The van der Waals surface area contributed by atoms with E-state index in [-0.39, 0.29) is 18.4 Å². The number of esters is 2. The second-order valence-electron chi connectivity index (χ2n) is 11.2. The molecular formula is C29H40O8. The predicted molar refractivity (Wildman–Crippen MR) is 137 cm³/mol. The van der Waals surface area contributed by atoms with Crippen LogP contribution in [0.25, 0.3) is 0 Å². The van der Waals surface area contributed by atoms with E-state index >= 15 is 0 Å². The van der Waals surface area contributed by atoms with Gasteiger partial charge in [0.05, 0.1) is 6.61 Å². The third-order valence-corrected chi connectivity index (χ3v) is 7.98. The van der Waals surface area contributed by atoms with Crippen molar-refractivity contribution >= 4 is 11.9 Å². The first kappa shape index (κ1) is 27.6. The van der Waals surface area contributed by atoms with E-state index in [1.165, 1.54) is 30.5 Å². The van der Waals surface area contributed by atoms with Gasteiger partial charge in [0.15, 0.2) is 23.7 Å². The number of hydrogen-bond donors (Lipinski definition) is 2. The van der Waals surface area contributed by atoms with Crippen molar-refractivity contribution in [1.82, 2.24) is 0 Å². The summed E-state index contributed by atoms with van der Waals surface area (Å²) in [6.07, 6.45) is 0.280. The van der Waals surface area contributed by atoms with Gasteiger partial charge in [-0.3, -0.25) is 9.59 Å². The molecule has 8 atom stereocenters. The number of aliphatic hydroxyl groups is 2. The normalized spacial score (nSPS) is 32.7. The number of carbonyl (C=O) groups excluding carboxylic acids is 2. The van der Waals surface area contributed by atoms with E-state index in [2.05, 4.69) is 33.8 Å². The molecule has 0 aromatic heterocycles. The molecule has 0 bridgehead atoms. The van der Waals surface area contributed by atoms with Crippen molar-refractivity contribution in [1.29, 1.82) is 0 Å².